The molecule has 2 aromatic rings. The summed E-state index contributed by atoms with van der Waals surface area (Å²) < 4.78 is 43.3. The van der Waals surface area contributed by atoms with Crippen molar-refractivity contribution in [3.8, 4) is 5.88 Å². The Hall–Kier alpha value is -2.50. The third kappa shape index (κ3) is 3.60. The van der Waals surface area contributed by atoms with Crippen LogP contribution in [0.3, 0.4) is 0 Å². The average molecular weight is 450 g/mol. The molecule has 3 atom stereocenters. The number of benzene rings is 1. The van der Waals surface area contributed by atoms with Crippen molar-refractivity contribution in [1.82, 2.24) is 9.78 Å². The first-order chi connectivity index (χ1) is 14.9. The van der Waals surface area contributed by atoms with Gasteiger partial charge in [0.2, 0.25) is 5.88 Å². The molecule has 2 aliphatic carbocycles. The van der Waals surface area contributed by atoms with Gasteiger partial charge in [0.25, 0.3) is 0 Å². The zero-order chi connectivity index (χ0) is 21.8. The second-order valence-electron chi connectivity index (χ2n) is 8.17. The number of carbonyl (C=O) groups excluding carboxylic acids is 1. The molecule has 3 aliphatic rings. The van der Waals surface area contributed by atoms with E-state index in [9.17, 15) is 13.4 Å². The van der Waals surface area contributed by atoms with Crippen LogP contribution in [0.25, 0.3) is 0 Å². The van der Waals surface area contributed by atoms with Crippen LogP contribution in [0.15, 0.2) is 21.5 Å². The summed E-state index contributed by atoms with van der Waals surface area (Å²) in [6.45, 7) is 0.767. The van der Waals surface area contributed by atoms with Gasteiger partial charge in [0.1, 0.15) is 17.2 Å². The number of fused-ring (bicyclic) bond motifs is 3. The maximum Gasteiger partial charge on any atom is 0.354 e. The first kappa shape index (κ1) is 20.4. The summed E-state index contributed by atoms with van der Waals surface area (Å²) in [6, 6.07) is 1.23. The Morgan fingerprint density at radius 2 is 2.26 bits per heavy atom. The zero-order valence-corrected chi connectivity index (χ0v) is 17.9. The number of hydrogen-bond acceptors (Lipinski definition) is 5. The van der Waals surface area contributed by atoms with Crippen LogP contribution in [-0.4, -0.2) is 46.0 Å². The van der Waals surface area contributed by atoms with Crippen LogP contribution >= 0.6 is 0 Å². The summed E-state index contributed by atoms with van der Waals surface area (Å²) >= 11 is 0. The molecule has 1 aromatic heterocycles. The number of carbonyl (C=O) groups is 1. The minimum atomic E-state index is -3.60. The normalized spacial score (nSPS) is 22.9. The third-order valence-electron chi connectivity index (χ3n) is 6.00. The van der Waals surface area contributed by atoms with Gasteiger partial charge < -0.3 is 14.8 Å². The van der Waals surface area contributed by atoms with Crippen LogP contribution in [0, 0.1) is 0 Å². The quantitative estimate of drug-likeness (QED) is 0.741. The smallest absolute Gasteiger partial charge is 0.354 e. The second-order valence-corrected chi connectivity index (χ2v) is 9.93. The molecule has 166 valence electrons. The number of alkyl halides is 1. The van der Waals surface area contributed by atoms with E-state index in [1.807, 2.05) is 0 Å². The van der Waals surface area contributed by atoms with E-state index in [2.05, 4.69) is 20.8 Å². The van der Waals surface area contributed by atoms with Crippen LogP contribution in [0.1, 0.15) is 28.7 Å². The Labute approximate surface area is 179 Å². The van der Waals surface area contributed by atoms with Gasteiger partial charge in [0.15, 0.2) is 9.92 Å². The fraction of sp³-hybridized carbons (Fsp3) is 0.500. The van der Waals surface area contributed by atoms with Gasteiger partial charge in [-0.1, -0.05) is 6.07 Å². The van der Waals surface area contributed by atoms with Crippen molar-refractivity contribution in [2.24, 2.45) is 9.50 Å². The second kappa shape index (κ2) is 7.57. The molecule has 0 radical (unpaired) electrons. The molecular formula is C20H24FN5O4S. The van der Waals surface area contributed by atoms with E-state index >= 15 is 0 Å². The Morgan fingerprint density at radius 1 is 1.42 bits per heavy atom. The molecule has 9 nitrogen and oxygen atoms in total. The lowest BCUT2D eigenvalue weighted by Gasteiger charge is -2.15. The van der Waals surface area contributed by atoms with Gasteiger partial charge in [-0.05, 0) is 41.5 Å². The number of ether oxygens (including phenoxy) is 2. The maximum atomic E-state index is 14.1. The van der Waals surface area contributed by atoms with Crippen molar-refractivity contribution >= 4 is 21.6 Å². The van der Waals surface area contributed by atoms with Crippen LogP contribution < -0.4 is 15.2 Å². The molecule has 2 heterocycles. The standard InChI is InChI=1S/C20H24FN5O4S/c1-29-10-14-9-26-19(30-14)17(8-23-26)31(22,28)25-20(27)24-18-15-4-2-3-11(15)5-12-6-13(21)7-16(12)18/h5,8,13-14H,2-4,6-7,9-10H2,1H3,(H3,22,24,25,27,28)/t13-,14?,31?/m0/s1. The molecule has 0 saturated heterocycles. The molecule has 0 saturated carbocycles. The van der Waals surface area contributed by atoms with Crippen molar-refractivity contribution < 1.29 is 22.9 Å². The fourth-order valence-electron chi connectivity index (χ4n) is 4.72. The molecule has 1 aliphatic heterocycles. The average Bonchev–Trinajstić information content (AvgIpc) is 3.43. The number of halogens is 1. The highest BCUT2D eigenvalue weighted by atomic mass is 32.2. The van der Waals surface area contributed by atoms with Crippen molar-refractivity contribution in [2.45, 2.75) is 55.8 Å². The van der Waals surface area contributed by atoms with E-state index in [-0.39, 0.29) is 23.3 Å². The van der Waals surface area contributed by atoms with Gasteiger partial charge in [0, 0.05) is 25.6 Å². The van der Waals surface area contributed by atoms with Gasteiger partial charge in [-0.3, -0.25) is 0 Å². The van der Waals surface area contributed by atoms with E-state index in [0.717, 1.165) is 41.5 Å². The van der Waals surface area contributed by atoms with Gasteiger partial charge in [-0.25, -0.2) is 23.2 Å². The van der Waals surface area contributed by atoms with Crippen LogP contribution in [-0.2, 0) is 46.9 Å². The number of anilines is 1. The minimum Gasteiger partial charge on any atom is -0.469 e. The van der Waals surface area contributed by atoms with E-state index in [1.54, 1.807) is 7.11 Å². The summed E-state index contributed by atoms with van der Waals surface area (Å²) in [5.41, 5.74) is 4.47. The SMILES string of the molecule is COCC1Cn2ncc(S(N)(=O)=NC(=O)Nc3c4c(cc5c3C[C@@H](F)C5)CCC4)c2O1. The first-order valence-corrected chi connectivity index (χ1v) is 11.8. The number of aryl methyl sites for hydroxylation is 1. The minimum absolute atomic E-state index is 0.0635. The van der Waals surface area contributed by atoms with Crippen molar-refractivity contribution in [1.29, 1.82) is 0 Å². The Morgan fingerprint density at radius 3 is 3.06 bits per heavy atom. The summed E-state index contributed by atoms with van der Waals surface area (Å²) in [4.78, 5) is 12.8. The molecular weight excluding hydrogens is 425 g/mol. The highest BCUT2D eigenvalue weighted by molar-refractivity contribution is 7.91. The molecule has 3 N–H and O–H groups in total. The summed E-state index contributed by atoms with van der Waals surface area (Å²) in [7, 11) is -2.04. The Balaban J connectivity index is 1.44. The number of hydrogen-bond donors (Lipinski definition) is 2. The Kier molecular flexibility index (Phi) is 4.98. The molecule has 0 bridgehead atoms. The molecule has 1 aromatic carbocycles. The van der Waals surface area contributed by atoms with E-state index in [4.69, 9.17) is 14.6 Å². The van der Waals surface area contributed by atoms with Crippen LogP contribution in [0.5, 0.6) is 5.88 Å². The molecule has 11 heteroatoms. The zero-order valence-electron chi connectivity index (χ0n) is 17.1. The lowest BCUT2D eigenvalue weighted by atomic mass is 9.99. The molecule has 2 amide bonds. The van der Waals surface area contributed by atoms with Crippen LogP contribution in [0.2, 0.25) is 0 Å². The Bertz CT molecular complexity index is 1190. The maximum absolute atomic E-state index is 14.1. The molecule has 0 fully saturated rings. The topological polar surface area (TPSA) is 121 Å². The van der Waals surface area contributed by atoms with Crippen LogP contribution in [0.4, 0.5) is 14.9 Å². The molecule has 0 spiro atoms. The van der Waals surface area contributed by atoms with Crippen molar-refractivity contribution in [2.75, 3.05) is 19.0 Å². The largest absolute Gasteiger partial charge is 0.469 e. The number of urea groups is 1. The highest BCUT2D eigenvalue weighted by Gasteiger charge is 2.32. The number of nitrogens with one attached hydrogen (secondary N) is 1. The number of nitrogens with two attached hydrogens (primary N) is 1. The highest BCUT2D eigenvalue weighted by Crippen LogP contribution is 2.39. The predicted octanol–water partition coefficient (Wildman–Crippen LogP) is 2.15. The van der Waals surface area contributed by atoms with Crippen molar-refractivity contribution in [3.05, 3.63) is 34.5 Å². The predicted molar refractivity (Wildman–Crippen MR) is 111 cm³/mol. The lowest BCUT2D eigenvalue weighted by molar-refractivity contribution is 0.0920. The molecule has 31 heavy (non-hydrogen) atoms. The summed E-state index contributed by atoms with van der Waals surface area (Å²) in [5, 5.41) is 12.8. The number of aromatic nitrogens is 2. The molecule has 5 rings (SSSR count). The molecule has 2 unspecified atom stereocenters. The van der Waals surface area contributed by atoms with Gasteiger partial charge in [-0.15, -0.1) is 4.36 Å². The number of nitrogens with zero attached hydrogens (tertiary/aromatic N) is 3. The number of rotatable bonds is 4. The van der Waals surface area contributed by atoms with E-state index < -0.39 is 22.1 Å². The number of amides is 2. The first-order valence-electron chi connectivity index (χ1n) is 10.2. The lowest BCUT2D eigenvalue weighted by Crippen LogP contribution is -2.22. The summed E-state index contributed by atoms with van der Waals surface area (Å²) in [5.74, 6) is 0.230. The van der Waals surface area contributed by atoms with Crippen molar-refractivity contribution in [3.63, 3.8) is 0 Å². The fourth-order valence-corrected chi connectivity index (χ4v) is 5.71. The number of methoxy groups -OCH3 is 1. The van der Waals surface area contributed by atoms with Gasteiger partial charge in [-0.2, -0.15) is 5.10 Å². The van der Waals surface area contributed by atoms with E-state index in [0.29, 0.717) is 25.3 Å². The monoisotopic (exact) mass is 449 g/mol. The van der Waals surface area contributed by atoms with E-state index in [1.165, 1.54) is 10.9 Å². The van der Waals surface area contributed by atoms with Gasteiger partial charge in [0.05, 0.1) is 19.3 Å². The third-order valence-corrected chi connectivity index (χ3v) is 7.35. The van der Waals surface area contributed by atoms with Gasteiger partial charge >= 0.3 is 6.03 Å². The summed E-state index contributed by atoms with van der Waals surface area (Å²) in [6.07, 6.45) is 3.35.